The number of piperidine rings is 1. The van der Waals surface area contributed by atoms with Crippen molar-refractivity contribution in [2.24, 2.45) is 11.8 Å². The van der Waals surface area contributed by atoms with Gasteiger partial charge in [-0.2, -0.15) is 0 Å². The van der Waals surface area contributed by atoms with Gasteiger partial charge in [0.15, 0.2) is 0 Å². The van der Waals surface area contributed by atoms with Gasteiger partial charge in [0.1, 0.15) is 0 Å². The lowest BCUT2D eigenvalue weighted by Crippen LogP contribution is -2.46. The van der Waals surface area contributed by atoms with E-state index in [1.165, 1.54) is 58.3 Å². The van der Waals surface area contributed by atoms with Gasteiger partial charge in [0, 0.05) is 19.1 Å². The third-order valence-electron chi connectivity index (χ3n) is 4.78. The molecule has 1 fully saturated rings. The highest BCUT2D eigenvalue weighted by molar-refractivity contribution is 4.81. The topological polar surface area (TPSA) is 15.3 Å². The van der Waals surface area contributed by atoms with Crippen molar-refractivity contribution in [1.82, 2.24) is 10.2 Å². The van der Waals surface area contributed by atoms with Crippen LogP contribution in [0.2, 0.25) is 0 Å². The van der Waals surface area contributed by atoms with Crippen LogP contribution in [0.25, 0.3) is 0 Å². The summed E-state index contributed by atoms with van der Waals surface area (Å²) in [4.78, 5) is 2.66. The molecule has 0 amide bonds. The number of nitrogens with one attached hydrogen (secondary N) is 1. The molecular formula is C16H34N2. The van der Waals surface area contributed by atoms with Gasteiger partial charge in [0.05, 0.1) is 0 Å². The highest BCUT2D eigenvalue weighted by Gasteiger charge is 2.22. The van der Waals surface area contributed by atoms with Crippen LogP contribution in [0, 0.1) is 11.8 Å². The average molecular weight is 254 g/mol. The first-order chi connectivity index (χ1) is 8.73. The summed E-state index contributed by atoms with van der Waals surface area (Å²) in [5, 5.41) is 3.72. The van der Waals surface area contributed by atoms with Gasteiger partial charge < -0.3 is 10.2 Å². The molecule has 2 nitrogen and oxygen atoms in total. The van der Waals surface area contributed by atoms with Crippen LogP contribution in [-0.4, -0.2) is 37.1 Å². The molecule has 1 aliphatic heterocycles. The predicted octanol–water partition coefficient (Wildman–Crippen LogP) is 3.52. The van der Waals surface area contributed by atoms with Gasteiger partial charge in [-0.3, -0.25) is 0 Å². The van der Waals surface area contributed by atoms with Crippen molar-refractivity contribution in [1.29, 1.82) is 0 Å². The Kier molecular flexibility index (Phi) is 7.92. The average Bonchev–Trinajstić information content (AvgIpc) is 2.43. The summed E-state index contributed by atoms with van der Waals surface area (Å²) >= 11 is 0. The third kappa shape index (κ3) is 5.27. The normalized spacial score (nSPS) is 25.0. The largest absolute Gasteiger partial charge is 0.313 e. The van der Waals surface area contributed by atoms with E-state index < -0.39 is 0 Å². The highest BCUT2D eigenvalue weighted by Crippen LogP contribution is 2.20. The van der Waals surface area contributed by atoms with Crippen molar-refractivity contribution in [3.63, 3.8) is 0 Å². The minimum absolute atomic E-state index is 0.734. The Hall–Kier alpha value is -0.0800. The van der Waals surface area contributed by atoms with Crippen molar-refractivity contribution in [2.45, 2.75) is 65.8 Å². The summed E-state index contributed by atoms with van der Waals surface area (Å²) < 4.78 is 0. The van der Waals surface area contributed by atoms with Crippen LogP contribution in [0.3, 0.4) is 0 Å². The lowest BCUT2D eigenvalue weighted by Gasteiger charge is -2.34. The van der Waals surface area contributed by atoms with Crippen molar-refractivity contribution in [3.8, 4) is 0 Å². The van der Waals surface area contributed by atoms with Crippen LogP contribution >= 0.6 is 0 Å². The van der Waals surface area contributed by atoms with Crippen LogP contribution < -0.4 is 5.32 Å². The van der Waals surface area contributed by atoms with E-state index in [1.54, 1.807) is 0 Å². The number of hydrogen-bond donors (Lipinski definition) is 1. The zero-order chi connectivity index (χ0) is 13.4. The molecule has 0 aliphatic carbocycles. The van der Waals surface area contributed by atoms with Crippen molar-refractivity contribution >= 4 is 0 Å². The molecule has 1 heterocycles. The molecule has 18 heavy (non-hydrogen) atoms. The quantitative estimate of drug-likeness (QED) is 0.713. The lowest BCUT2D eigenvalue weighted by molar-refractivity contribution is 0.181. The van der Waals surface area contributed by atoms with Crippen molar-refractivity contribution in [2.75, 3.05) is 26.2 Å². The fraction of sp³-hybridized carbons (Fsp3) is 1.00. The fourth-order valence-electron chi connectivity index (χ4n) is 3.16. The van der Waals surface area contributed by atoms with Crippen molar-refractivity contribution < 1.29 is 0 Å². The van der Waals surface area contributed by atoms with E-state index in [0.29, 0.717) is 0 Å². The minimum atomic E-state index is 0.734. The van der Waals surface area contributed by atoms with Gasteiger partial charge in [-0.05, 0) is 37.8 Å². The number of likely N-dealkylation sites (N-methyl/N-ethyl adjacent to an activating group) is 1. The molecule has 2 heteroatoms. The first-order valence-electron chi connectivity index (χ1n) is 8.19. The molecule has 0 radical (unpaired) electrons. The summed E-state index contributed by atoms with van der Waals surface area (Å²) in [6.07, 6.45) is 6.77. The summed E-state index contributed by atoms with van der Waals surface area (Å²) in [6.45, 7) is 14.3. The Bertz CT molecular complexity index is 201. The van der Waals surface area contributed by atoms with E-state index in [9.17, 15) is 0 Å². The van der Waals surface area contributed by atoms with E-state index in [0.717, 1.165) is 17.9 Å². The molecule has 1 rings (SSSR count). The van der Waals surface area contributed by atoms with Crippen LogP contribution in [0.5, 0.6) is 0 Å². The molecule has 108 valence electrons. The van der Waals surface area contributed by atoms with Gasteiger partial charge in [-0.15, -0.1) is 0 Å². The standard InChI is InChI=1S/C16H34N2/c1-5-14(6-2)12-18(8-4)13-16-11-15(7-3)9-10-17-16/h14-17H,5-13H2,1-4H3. The fourth-order valence-corrected chi connectivity index (χ4v) is 3.16. The third-order valence-corrected chi connectivity index (χ3v) is 4.78. The molecule has 1 aliphatic rings. The number of hydrogen-bond acceptors (Lipinski definition) is 2. The van der Waals surface area contributed by atoms with Gasteiger partial charge in [0.25, 0.3) is 0 Å². The second-order valence-corrected chi connectivity index (χ2v) is 5.98. The van der Waals surface area contributed by atoms with Crippen LogP contribution in [0.15, 0.2) is 0 Å². The molecule has 0 aromatic rings. The van der Waals surface area contributed by atoms with Crippen molar-refractivity contribution in [3.05, 3.63) is 0 Å². The van der Waals surface area contributed by atoms with Crippen LogP contribution in [0.4, 0.5) is 0 Å². The van der Waals surface area contributed by atoms with E-state index in [4.69, 9.17) is 0 Å². The van der Waals surface area contributed by atoms with Gasteiger partial charge >= 0.3 is 0 Å². The Morgan fingerprint density at radius 1 is 1.17 bits per heavy atom. The molecule has 0 aromatic carbocycles. The minimum Gasteiger partial charge on any atom is -0.313 e. The molecule has 0 saturated carbocycles. The van der Waals surface area contributed by atoms with Crippen LogP contribution in [-0.2, 0) is 0 Å². The molecular weight excluding hydrogens is 220 g/mol. The van der Waals surface area contributed by atoms with Gasteiger partial charge in [0.2, 0.25) is 0 Å². The summed E-state index contributed by atoms with van der Waals surface area (Å²) in [5.41, 5.74) is 0. The molecule has 1 saturated heterocycles. The first kappa shape index (κ1) is 16.0. The van der Waals surface area contributed by atoms with Crippen LogP contribution in [0.1, 0.15) is 59.8 Å². The summed E-state index contributed by atoms with van der Waals surface area (Å²) in [6, 6.07) is 0.734. The molecule has 2 unspecified atom stereocenters. The smallest absolute Gasteiger partial charge is 0.0197 e. The maximum absolute atomic E-state index is 3.72. The molecule has 1 N–H and O–H groups in total. The zero-order valence-corrected chi connectivity index (χ0v) is 13.0. The Labute approximate surface area is 115 Å². The second-order valence-electron chi connectivity index (χ2n) is 5.98. The van der Waals surface area contributed by atoms with Gasteiger partial charge in [-0.25, -0.2) is 0 Å². The monoisotopic (exact) mass is 254 g/mol. The summed E-state index contributed by atoms with van der Waals surface area (Å²) in [7, 11) is 0. The maximum Gasteiger partial charge on any atom is 0.0197 e. The summed E-state index contributed by atoms with van der Waals surface area (Å²) in [5.74, 6) is 1.85. The predicted molar refractivity (Wildman–Crippen MR) is 81.0 cm³/mol. The Morgan fingerprint density at radius 2 is 1.89 bits per heavy atom. The van der Waals surface area contributed by atoms with E-state index >= 15 is 0 Å². The highest BCUT2D eigenvalue weighted by atomic mass is 15.1. The molecule has 0 spiro atoms. The first-order valence-corrected chi connectivity index (χ1v) is 8.19. The van der Waals surface area contributed by atoms with E-state index in [1.807, 2.05) is 0 Å². The SMILES string of the molecule is CCC1CCNC(CN(CC)CC(CC)CC)C1. The van der Waals surface area contributed by atoms with E-state index in [2.05, 4.69) is 37.9 Å². The van der Waals surface area contributed by atoms with E-state index in [-0.39, 0.29) is 0 Å². The molecule has 2 atom stereocenters. The lowest BCUT2D eigenvalue weighted by atomic mass is 9.90. The molecule has 0 bridgehead atoms. The maximum atomic E-state index is 3.72. The Balaban J connectivity index is 2.37. The Morgan fingerprint density at radius 3 is 2.44 bits per heavy atom. The number of rotatable bonds is 8. The second kappa shape index (κ2) is 8.92. The van der Waals surface area contributed by atoms with Gasteiger partial charge in [-0.1, -0.05) is 47.0 Å². The number of nitrogens with zero attached hydrogens (tertiary/aromatic N) is 1. The zero-order valence-electron chi connectivity index (χ0n) is 13.0. The molecule has 0 aromatic heterocycles.